The Labute approximate surface area is 105 Å². The third-order valence-corrected chi connectivity index (χ3v) is 3.92. The van der Waals surface area contributed by atoms with Crippen molar-refractivity contribution in [1.82, 2.24) is 5.32 Å². The highest BCUT2D eigenvalue weighted by molar-refractivity contribution is 6.30. The minimum atomic E-state index is -0.303. The molecule has 1 spiro atoms. The molecule has 0 radical (unpaired) electrons. The average molecular weight is 252 g/mol. The lowest BCUT2D eigenvalue weighted by molar-refractivity contribution is -0.138. The Kier molecular flexibility index (Phi) is 2.42. The zero-order chi connectivity index (χ0) is 12.0. The summed E-state index contributed by atoms with van der Waals surface area (Å²) in [7, 11) is 0. The van der Waals surface area contributed by atoms with Gasteiger partial charge < -0.3 is 10.1 Å². The molecule has 0 bridgehead atoms. The summed E-state index contributed by atoms with van der Waals surface area (Å²) < 4.78 is 5.27. The number of nitrogens with one attached hydrogen (secondary N) is 1. The summed E-state index contributed by atoms with van der Waals surface area (Å²) in [6.45, 7) is 3.14. The second-order valence-electron chi connectivity index (χ2n) is 4.76. The molecule has 2 aliphatic heterocycles. The number of hydrogen-bond acceptors (Lipinski definition) is 2. The van der Waals surface area contributed by atoms with Crippen molar-refractivity contribution < 1.29 is 9.53 Å². The molecule has 0 saturated carbocycles. The summed E-state index contributed by atoms with van der Waals surface area (Å²) in [5.74, 6) is 0.000455. The fourth-order valence-corrected chi connectivity index (χ4v) is 2.91. The molecule has 0 aliphatic carbocycles. The van der Waals surface area contributed by atoms with Crippen molar-refractivity contribution in [2.24, 2.45) is 0 Å². The summed E-state index contributed by atoms with van der Waals surface area (Å²) in [4.78, 5) is 12.1. The molecule has 17 heavy (non-hydrogen) atoms. The fourth-order valence-electron chi connectivity index (χ4n) is 2.73. The van der Waals surface area contributed by atoms with Gasteiger partial charge in [0.15, 0.2) is 0 Å². The van der Waals surface area contributed by atoms with Crippen LogP contribution in [-0.4, -0.2) is 19.1 Å². The normalized spacial score (nSPS) is 25.1. The summed E-state index contributed by atoms with van der Waals surface area (Å²) in [6.07, 6.45) is 0.788. The van der Waals surface area contributed by atoms with Gasteiger partial charge in [-0.1, -0.05) is 24.6 Å². The second-order valence-corrected chi connectivity index (χ2v) is 5.19. The maximum Gasteiger partial charge on any atom is 0.228 e. The van der Waals surface area contributed by atoms with E-state index in [1.165, 1.54) is 5.56 Å². The number of ether oxygens (including phenoxy) is 1. The molecule has 1 amide bonds. The molecule has 1 fully saturated rings. The Bertz CT molecular complexity index is 482. The lowest BCUT2D eigenvalue weighted by Gasteiger charge is -2.47. The van der Waals surface area contributed by atoms with Crippen LogP contribution in [0.5, 0.6) is 0 Å². The standard InChI is InChI=1S/C13H14ClNO2/c1-2-9-10-5-8(14)3-4-11(10)13(6-17-7-13)15-12(9)16/h3-5,9H,2,6-7H2,1H3,(H,15,16). The van der Waals surface area contributed by atoms with Crippen LogP contribution in [0.3, 0.4) is 0 Å². The van der Waals surface area contributed by atoms with E-state index in [1.54, 1.807) is 0 Å². The summed E-state index contributed by atoms with van der Waals surface area (Å²) in [6, 6.07) is 5.82. The summed E-state index contributed by atoms with van der Waals surface area (Å²) in [5, 5.41) is 3.79. The lowest BCUT2D eigenvalue weighted by atomic mass is 9.76. The number of rotatable bonds is 1. The molecule has 90 valence electrons. The van der Waals surface area contributed by atoms with E-state index >= 15 is 0 Å². The number of fused-ring (bicyclic) bond motifs is 2. The highest BCUT2D eigenvalue weighted by Gasteiger charge is 2.48. The summed E-state index contributed by atoms with van der Waals surface area (Å²) in [5.41, 5.74) is 1.93. The highest BCUT2D eigenvalue weighted by atomic mass is 35.5. The van der Waals surface area contributed by atoms with Gasteiger partial charge in [-0.3, -0.25) is 4.79 Å². The van der Waals surface area contributed by atoms with Crippen LogP contribution in [0.4, 0.5) is 0 Å². The van der Waals surface area contributed by atoms with Gasteiger partial charge in [-0.25, -0.2) is 0 Å². The Morgan fingerprint density at radius 3 is 2.88 bits per heavy atom. The largest absolute Gasteiger partial charge is 0.376 e. The predicted molar refractivity (Wildman–Crippen MR) is 65.1 cm³/mol. The molecule has 1 N–H and O–H groups in total. The minimum Gasteiger partial charge on any atom is -0.376 e. The molecule has 3 rings (SSSR count). The van der Waals surface area contributed by atoms with Crippen molar-refractivity contribution in [2.45, 2.75) is 24.8 Å². The lowest BCUT2D eigenvalue weighted by Crippen LogP contribution is -2.63. The van der Waals surface area contributed by atoms with E-state index in [4.69, 9.17) is 16.3 Å². The van der Waals surface area contributed by atoms with Crippen molar-refractivity contribution in [3.63, 3.8) is 0 Å². The highest BCUT2D eigenvalue weighted by Crippen LogP contribution is 2.41. The number of halogens is 1. The first kappa shape index (κ1) is 11.1. The third kappa shape index (κ3) is 1.49. The van der Waals surface area contributed by atoms with Crippen molar-refractivity contribution >= 4 is 17.5 Å². The van der Waals surface area contributed by atoms with E-state index in [-0.39, 0.29) is 17.4 Å². The zero-order valence-corrected chi connectivity index (χ0v) is 10.4. The Morgan fingerprint density at radius 1 is 1.53 bits per heavy atom. The molecule has 1 aromatic rings. The van der Waals surface area contributed by atoms with E-state index in [2.05, 4.69) is 5.32 Å². The fraction of sp³-hybridized carbons (Fsp3) is 0.462. The van der Waals surface area contributed by atoms with Crippen molar-refractivity contribution in [2.75, 3.05) is 13.2 Å². The maximum absolute atomic E-state index is 12.1. The number of hydrogen-bond donors (Lipinski definition) is 1. The molecule has 1 saturated heterocycles. The molecule has 3 nitrogen and oxygen atoms in total. The third-order valence-electron chi connectivity index (χ3n) is 3.69. The topological polar surface area (TPSA) is 38.3 Å². The minimum absolute atomic E-state index is 0.0880. The van der Waals surface area contributed by atoms with Crippen LogP contribution in [0.25, 0.3) is 0 Å². The quantitative estimate of drug-likeness (QED) is 0.831. The van der Waals surface area contributed by atoms with Crippen LogP contribution < -0.4 is 5.32 Å². The van der Waals surface area contributed by atoms with Crippen LogP contribution >= 0.6 is 11.6 Å². The monoisotopic (exact) mass is 251 g/mol. The Morgan fingerprint density at radius 2 is 2.29 bits per heavy atom. The Hall–Kier alpha value is -1.06. The first-order valence-electron chi connectivity index (χ1n) is 5.86. The Balaban J connectivity index is 2.16. The van der Waals surface area contributed by atoms with Gasteiger partial charge >= 0.3 is 0 Å². The van der Waals surface area contributed by atoms with Crippen molar-refractivity contribution in [3.8, 4) is 0 Å². The van der Waals surface area contributed by atoms with Gasteiger partial charge in [-0.05, 0) is 29.7 Å². The van der Waals surface area contributed by atoms with E-state index in [1.807, 2.05) is 25.1 Å². The van der Waals surface area contributed by atoms with Crippen LogP contribution in [0.2, 0.25) is 5.02 Å². The van der Waals surface area contributed by atoms with Crippen LogP contribution in [-0.2, 0) is 15.1 Å². The maximum atomic E-state index is 12.1. The molecule has 1 atom stereocenters. The van der Waals surface area contributed by atoms with Gasteiger partial charge in [0.1, 0.15) is 5.54 Å². The zero-order valence-electron chi connectivity index (χ0n) is 9.63. The van der Waals surface area contributed by atoms with E-state index in [9.17, 15) is 4.79 Å². The SMILES string of the molecule is CCC1C(=O)NC2(COC2)c2ccc(Cl)cc21. The summed E-state index contributed by atoms with van der Waals surface area (Å²) >= 11 is 6.04. The molecular formula is C13H14ClNO2. The van der Waals surface area contributed by atoms with Crippen LogP contribution in [0, 0.1) is 0 Å². The number of carbonyl (C=O) groups is 1. The van der Waals surface area contributed by atoms with Crippen molar-refractivity contribution in [3.05, 3.63) is 34.3 Å². The van der Waals surface area contributed by atoms with Gasteiger partial charge in [0.25, 0.3) is 0 Å². The second kappa shape index (κ2) is 3.72. The molecule has 0 aromatic heterocycles. The van der Waals surface area contributed by atoms with Crippen LogP contribution in [0.15, 0.2) is 18.2 Å². The van der Waals surface area contributed by atoms with E-state index in [0.29, 0.717) is 18.2 Å². The first-order valence-corrected chi connectivity index (χ1v) is 6.24. The van der Waals surface area contributed by atoms with E-state index < -0.39 is 0 Å². The number of amides is 1. The number of benzene rings is 1. The predicted octanol–water partition coefficient (Wildman–Crippen LogP) is 2.19. The molecule has 1 aromatic carbocycles. The molecule has 2 aliphatic rings. The van der Waals surface area contributed by atoms with Gasteiger partial charge in [-0.2, -0.15) is 0 Å². The van der Waals surface area contributed by atoms with Crippen LogP contribution in [0.1, 0.15) is 30.4 Å². The van der Waals surface area contributed by atoms with Gasteiger partial charge in [0.2, 0.25) is 5.91 Å². The van der Waals surface area contributed by atoms with E-state index in [0.717, 1.165) is 12.0 Å². The first-order chi connectivity index (χ1) is 8.16. The molecule has 2 heterocycles. The number of carbonyl (C=O) groups excluding carboxylic acids is 1. The molecule has 4 heteroatoms. The van der Waals surface area contributed by atoms with Gasteiger partial charge in [0, 0.05) is 5.02 Å². The van der Waals surface area contributed by atoms with Gasteiger partial charge in [-0.15, -0.1) is 0 Å². The molecule has 1 unspecified atom stereocenters. The molecular weight excluding hydrogens is 238 g/mol. The smallest absolute Gasteiger partial charge is 0.228 e. The van der Waals surface area contributed by atoms with Gasteiger partial charge in [0.05, 0.1) is 19.1 Å². The average Bonchev–Trinajstić information content (AvgIpc) is 2.25. The van der Waals surface area contributed by atoms with Crippen molar-refractivity contribution in [1.29, 1.82) is 0 Å².